The van der Waals surface area contributed by atoms with E-state index < -0.39 is 17.5 Å². The maximum Gasteiger partial charge on any atom is 0.325 e. The van der Waals surface area contributed by atoms with Crippen LogP contribution in [0.25, 0.3) is 0 Å². The molecule has 4 amide bonds. The lowest BCUT2D eigenvalue weighted by atomic mass is 9.96. The number of imide groups is 1. The first-order chi connectivity index (χ1) is 11.9. The van der Waals surface area contributed by atoms with E-state index in [-0.39, 0.29) is 18.4 Å². The Hall–Kier alpha value is -2.77. The van der Waals surface area contributed by atoms with Gasteiger partial charge in [-0.1, -0.05) is 0 Å². The molecule has 1 aliphatic heterocycles. The highest BCUT2D eigenvalue weighted by molar-refractivity contribution is 6.10. The molecule has 0 radical (unpaired) electrons. The van der Waals surface area contributed by atoms with Gasteiger partial charge in [-0.05, 0) is 37.8 Å². The Bertz CT molecular complexity index is 731. The number of urea groups is 1. The van der Waals surface area contributed by atoms with E-state index in [1.54, 1.807) is 25.1 Å². The van der Waals surface area contributed by atoms with Crippen molar-refractivity contribution < 1.29 is 23.9 Å². The number of anilines is 1. The third kappa shape index (κ3) is 3.11. The van der Waals surface area contributed by atoms with Gasteiger partial charge >= 0.3 is 6.03 Å². The number of nitrogens with zero attached hydrogens (tertiary/aromatic N) is 1. The molecule has 0 spiro atoms. The molecule has 1 aliphatic carbocycles. The van der Waals surface area contributed by atoms with Crippen LogP contribution in [-0.2, 0) is 9.59 Å². The van der Waals surface area contributed by atoms with Gasteiger partial charge in [0, 0.05) is 6.07 Å². The van der Waals surface area contributed by atoms with Crippen LogP contribution < -0.4 is 20.1 Å². The molecule has 1 saturated carbocycles. The molecule has 2 N–H and O–H groups in total. The number of benzene rings is 1. The molecule has 0 bridgehead atoms. The zero-order valence-electron chi connectivity index (χ0n) is 14.4. The van der Waals surface area contributed by atoms with Crippen LogP contribution in [0.4, 0.5) is 10.5 Å². The second-order valence-electron chi connectivity index (χ2n) is 6.41. The van der Waals surface area contributed by atoms with Crippen LogP contribution in [-0.4, -0.2) is 49.0 Å². The van der Waals surface area contributed by atoms with Crippen molar-refractivity contribution >= 4 is 23.5 Å². The van der Waals surface area contributed by atoms with Gasteiger partial charge in [0.1, 0.15) is 23.6 Å². The van der Waals surface area contributed by atoms with Crippen molar-refractivity contribution in [2.24, 2.45) is 5.92 Å². The summed E-state index contributed by atoms with van der Waals surface area (Å²) in [5, 5.41) is 5.37. The number of ether oxygens (including phenoxy) is 2. The van der Waals surface area contributed by atoms with Crippen LogP contribution in [0.3, 0.4) is 0 Å². The largest absolute Gasteiger partial charge is 0.497 e. The smallest absolute Gasteiger partial charge is 0.325 e. The Labute approximate surface area is 145 Å². The summed E-state index contributed by atoms with van der Waals surface area (Å²) >= 11 is 0. The van der Waals surface area contributed by atoms with E-state index in [4.69, 9.17) is 9.47 Å². The molecule has 1 aromatic rings. The van der Waals surface area contributed by atoms with E-state index in [9.17, 15) is 14.4 Å². The minimum Gasteiger partial charge on any atom is -0.497 e. The number of nitrogens with one attached hydrogen (secondary N) is 2. The van der Waals surface area contributed by atoms with Crippen LogP contribution in [0.15, 0.2) is 18.2 Å². The van der Waals surface area contributed by atoms with Crippen molar-refractivity contribution in [1.29, 1.82) is 0 Å². The lowest BCUT2D eigenvalue weighted by molar-refractivity contribution is -0.134. The predicted molar refractivity (Wildman–Crippen MR) is 89.5 cm³/mol. The molecule has 2 fully saturated rings. The van der Waals surface area contributed by atoms with Gasteiger partial charge in [0.05, 0.1) is 19.9 Å². The fraction of sp³-hybridized carbons (Fsp3) is 0.471. The Kier molecular flexibility index (Phi) is 4.28. The molecule has 3 rings (SSSR count). The number of amides is 4. The molecule has 0 unspecified atom stereocenters. The topological polar surface area (TPSA) is 97.0 Å². The summed E-state index contributed by atoms with van der Waals surface area (Å²) in [4.78, 5) is 37.9. The second-order valence-corrected chi connectivity index (χ2v) is 6.41. The normalized spacial score (nSPS) is 22.6. The van der Waals surface area contributed by atoms with Crippen molar-refractivity contribution in [1.82, 2.24) is 10.2 Å². The van der Waals surface area contributed by atoms with Crippen molar-refractivity contribution in [3.05, 3.63) is 18.2 Å². The summed E-state index contributed by atoms with van der Waals surface area (Å²) in [7, 11) is 3.00. The minimum absolute atomic E-state index is 0.152. The Morgan fingerprint density at radius 3 is 2.64 bits per heavy atom. The lowest BCUT2D eigenvalue weighted by Gasteiger charge is -2.20. The maximum absolute atomic E-state index is 12.5. The molecule has 134 valence electrons. The fourth-order valence-electron chi connectivity index (χ4n) is 3.03. The molecule has 2 aliphatic rings. The van der Waals surface area contributed by atoms with E-state index in [0.29, 0.717) is 17.2 Å². The van der Waals surface area contributed by atoms with Gasteiger partial charge in [0.15, 0.2) is 0 Å². The first kappa shape index (κ1) is 17.1. The van der Waals surface area contributed by atoms with Crippen LogP contribution in [0.2, 0.25) is 0 Å². The Morgan fingerprint density at radius 2 is 2.04 bits per heavy atom. The summed E-state index contributed by atoms with van der Waals surface area (Å²) < 4.78 is 10.3. The van der Waals surface area contributed by atoms with Gasteiger partial charge in [0.25, 0.3) is 5.91 Å². The van der Waals surface area contributed by atoms with Gasteiger partial charge in [-0.25, -0.2) is 4.79 Å². The standard InChI is InChI=1S/C17H21N3O5/c1-17(10-4-5-10)15(22)20(16(23)19-17)9-14(21)18-12-7-6-11(24-2)8-13(12)25-3/h6-8,10H,4-5,9H2,1-3H3,(H,18,21)(H,19,23)/t17-/m0/s1. The molecule has 1 aromatic carbocycles. The molecule has 0 aromatic heterocycles. The zero-order chi connectivity index (χ0) is 18.2. The summed E-state index contributed by atoms with van der Waals surface area (Å²) in [6, 6.07) is 4.41. The molecule has 1 saturated heterocycles. The highest BCUT2D eigenvalue weighted by atomic mass is 16.5. The van der Waals surface area contributed by atoms with E-state index in [2.05, 4.69) is 10.6 Å². The van der Waals surface area contributed by atoms with Crippen LogP contribution >= 0.6 is 0 Å². The van der Waals surface area contributed by atoms with Gasteiger partial charge in [0.2, 0.25) is 5.91 Å². The lowest BCUT2D eigenvalue weighted by Crippen LogP contribution is -2.46. The SMILES string of the molecule is COc1ccc(NC(=O)CN2C(=O)N[C@@](C)(C3CC3)C2=O)c(OC)c1. The summed E-state index contributed by atoms with van der Waals surface area (Å²) in [6.07, 6.45) is 1.82. The molecular formula is C17H21N3O5. The first-order valence-electron chi connectivity index (χ1n) is 8.05. The molecule has 8 heteroatoms. The number of hydrogen-bond donors (Lipinski definition) is 2. The highest BCUT2D eigenvalue weighted by Gasteiger charge is 2.56. The van der Waals surface area contributed by atoms with E-state index in [1.807, 2.05) is 0 Å². The summed E-state index contributed by atoms with van der Waals surface area (Å²) in [6.45, 7) is 1.37. The van der Waals surface area contributed by atoms with Gasteiger partial charge in [-0.2, -0.15) is 0 Å². The van der Waals surface area contributed by atoms with E-state index in [0.717, 1.165) is 17.7 Å². The number of carbonyl (C=O) groups is 3. The van der Waals surface area contributed by atoms with Gasteiger partial charge in [-0.15, -0.1) is 0 Å². The summed E-state index contributed by atoms with van der Waals surface area (Å²) in [5.41, 5.74) is -0.458. The van der Waals surface area contributed by atoms with Crippen molar-refractivity contribution in [3.8, 4) is 11.5 Å². The minimum atomic E-state index is -0.894. The number of carbonyl (C=O) groups excluding carboxylic acids is 3. The number of methoxy groups -OCH3 is 2. The van der Waals surface area contributed by atoms with Crippen molar-refractivity contribution in [3.63, 3.8) is 0 Å². The average molecular weight is 347 g/mol. The third-order valence-corrected chi connectivity index (χ3v) is 4.68. The Balaban J connectivity index is 1.69. The molecule has 1 heterocycles. The molecule has 1 atom stereocenters. The highest BCUT2D eigenvalue weighted by Crippen LogP contribution is 2.42. The number of hydrogen-bond acceptors (Lipinski definition) is 5. The van der Waals surface area contributed by atoms with Crippen LogP contribution in [0, 0.1) is 5.92 Å². The maximum atomic E-state index is 12.5. The predicted octanol–water partition coefficient (Wildman–Crippen LogP) is 1.36. The number of rotatable bonds is 6. The fourth-order valence-corrected chi connectivity index (χ4v) is 3.03. The van der Waals surface area contributed by atoms with Crippen molar-refractivity contribution in [2.75, 3.05) is 26.1 Å². The third-order valence-electron chi connectivity index (χ3n) is 4.68. The molecule has 8 nitrogen and oxygen atoms in total. The monoisotopic (exact) mass is 347 g/mol. The quantitative estimate of drug-likeness (QED) is 0.758. The van der Waals surface area contributed by atoms with Gasteiger partial charge in [-0.3, -0.25) is 14.5 Å². The zero-order valence-corrected chi connectivity index (χ0v) is 14.4. The van der Waals surface area contributed by atoms with Crippen LogP contribution in [0.1, 0.15) is 19.8 Å². The Morgan fingerprint density at radius 1 is 1.32 bits per heavy atom. The second kappa shape index (κ2) is 6.27. The van der Waals surface area contributed by atoms with Gasteiger partial charge < -0.3 is 20.1 Å². The van der Waals surface area contributed by atoms with Crippen LogP contribution in [0.5, 0.6) is 11.5 Å². The molecule has 25 heavy (non-hydrogen) atoms. The molecular weight excluding hydrogens is 326 g/mol. The van der Waals surface area contributed by atoms with E-state index in [1.165, 1.54) is 14.2 Å². The van der Waals surface area contributed by atoms with Crippen molar-refractivity contribution in [2.45, 2.75) is 25.3 Å². The first-order valence-corrected chi connectivity index (χ1v) is 8.05. The van der Waals surface area contributed by atoms with E-state index >= 15 is 0 Å². The summed E-state index contributed by atoms with van der Waals surface area (Å²) in [5.74, 6) is 0.333. The average Bonchev–Trinajstić information content (AvgIpc) is 3.41.